The van der Waals surface area contributed by atoms with E-state index in [0.717, 1.165) is 24.5 Å². The molecule has 8 heteroatoms. The van der Waals surface area contributed by atoms with Gasteiger partial charge in [0.15, 0.2) is 9.84 Å². The predicted molar refractivity (Wildman–Crippen MR) is 97.0 cm³/mol. The Kier molecular flexibility index (Phi) is 5.08. The van der Waals surface area contributed by atoms with E-state index in [9.17, 15) is 13.2 Å². The molecular weight excluding hydrogens is 342 g/mol. The Morgan fingerprint density at radius 3 is 2.48 bits per heavy atom. The molecule has 2 heterocycles. The molecule has 1 aromatic rings. The number of benzene rings is 1. The van der Waals surface area contributed by atoms with Crippen LogP contribution in [0.15, 0.2) is 24.3 Å². The van der Waals surface area contributed by atoms with Crippen LogP contribution in [0, 0.1) is 0 Å². The summed E-state index contributed by atoms with van der Waals surface area (Å²) < 4.78 is 28.7. The van der Waals surface area contributed by atoms with Crippen molar-refractivity contribution in [3.8, 4) is 5.75 Å². The normalized spacial score (nSPS) is 22.7. The van der Waals surface area contributed by atoms with E-state index < -0.39 is 9.84 Å². The number of carbonyl (C=O) groups excluding carboxylic acids is 1. The molecule has 0 saturated carbocycles. The number of urea groups is 1. The standard InChI is InChI=1S/C17H25N3O4S/c1-18(14-7-12-25(22,23)13-14)17(21)20-10-8-19(9-11-20)15-5-3-4-6-16(15)24-2/h3-6,14H,7-13H2,1-2H3. The third-order valence-electron chi connectivity index (χ3n) is 5.03. The van der Waals surface area contributed by atoms with E-state index in [1.165, 1.54) is 0 Å². The maximum Gasteiger partial charge on any atom is 0.320 e. The lowest BCUT2D eigenvalue weighted by molar-refractivity contribution is 0.147. The molecule has 1 aromatic carbocycles. The van der Waals surface area contributed by atoms with E-state index in [1.54, 1.807) is 24.0 Å². The van der Waals surface area contributed by atoms with E-state index in [2.05, 4.69) is 4.90 Å². The molecule has 138 valence electrons. The quantitative estimate of drug-likeness (QED) is 0.799. The Balaban J connectivity index is 1.59. The molecule has 0 spiro atoms. The third kappa shape index (κ3) is 3.84. The van der Waals surface area contributed by atoms with Gasteiger partial charge in [-0.05, 0) is 18.6 Å². The zero-order chi connectivity index (χ0) is 18.0. The van der Waals surface area contributed by atoms with Crippen LogP contribution in [0.25, 0.3) is 0 Å². The Morgan fingerprint density at radius 1 is 1.20 bits per heavy atom. The third-order valence-corrected chi connectivity index (χ3v) is 6.78. The zero-order valence-electron chi connectivity index (χ0n) is 14.7. The Hall–Kier alpha value is -1.96. The van der Waals surface area contributed by atoms with Gasteiger partial charge in [-0.15, -0.1) is 0 Å². The monoisotopic (exact) mass is 367 g/mol. The maximum absolute atomic E-state index is 12.7. The molecule has 2 fully saturated rings. The van der Waals surface area contributed by atoms with E-state index in [0.29, 0.717) is 19.5 Å². The summed E-state index contributed by atoms with van der Waals surface area (Å²) in [4.78, 5) is 18.3. The fourth-order valence-corrected chi connectivity index (χ4v) is 5.26. The van der Waals surface area contributed by atoms with E-state index in [4.69, 9.17) is 4.74 Å². The van der Waals surface area contributed by atoms with Gasteiger partial charge in [0.2, 0.25) is 0 Å². The second-order valence-electron chi connectivity index (χ2n) is 6.60. The highest BCUT2D eigenvalue weighted by Crippen LogP contribution is 2.28. The van der Waals surface area contributed by atoms with Crippen LogP contribution in [0.4, 0.5) is 10.5 Å². The van der Waals surface area contributed by atoms with Gasteiger partial charge in [0.1, 0.15) is 5.75 Å². The highest BCUT2D eigenvalue weighted by molar-refractivity contribution is 7.91. The lowest BCUT2D eigenvalue weighted by Crippen LogP contribution is -2.54. The molecule has 25 heavy (non-hydrogen) atoms. The highest BCUT2D eigenvalue weighted by atomic mass is 32.2. The van der Waals surface area contributed by atoms with Gasteiger partial charge in [-0.2, -0.15) is 0 Å². The molecule has 2 aliphatic rings. The number of amides is 2. The lowest BCUT2D eigenvalue weighted by atomic mass is 10.2. The summed E-state index contributed by atoms with van der Waals surface area (Å²) in [7, 11) is 0.373. The minimum Gasteiger partial charge on any atom is -0.495 e. The second-order valence-corrected chi connectivity index (χ2v) is 8.83. The molecule has 2 amide bonds. The number of anilines is 1. The fraction of sp³-hybridized carbons (Fsp3) is 0.588. The van der Waals surface area contributed by atoms with Crippen LogP contribution in [-0.4, -0.2) is 82.1 Å². The minimum atomic E-state index is -2.99. The van der Waals surface area contributed by atoms with Crippen LogP contribution in [0.5, 0.6) is 5.75 Å². The zero-order valence-corrected chi connectivity index (χ0v) is 15.5. The molecule has 0 radical (unpaired) electrons. The highest BCUT2D eigenvalue weighted by Gasteiger charge is 2.35. The number of hydrogen-bond donors (Lipinski definition) is 0. The van der Waals surface area contributed by atoms with Crippen molar-refractivity contribution >= 4 is 21.6 Å². The average molecular weight is 367 g/mol. The number of sulfone groups is 1. The van der Waals surface area contributed by atoms with Gasteiger partial charge >= 0.3 is 6.03 Å². The molecule has 3 rings (SSSR count). The van der Waals surface area contributed by atoms with Crippen LogP contribution in [0.1, 0.15) is 6.42 Å². The predicted octanol–water partition coefficient (Wildman–Crippen LogP) is 1.06. The SMILES string of the molecule is COc1ccccc1N1CCN(C(=O)N(C)C2CCS(=O)(=O)C2)CC1. The van der Waals surface area contributed by atoms with Crippen LogP contribution in [-0.2, 0) is 9.84 Å². The molecule has 0 aromatic heterocycles. The molecule has 0 aliphatic carbocycles. The summed E-state index contributed by atoms with van der Waals surface area (Å²) in [5.74, 6) is 1.09. The van der Waals surface area contributed by atoms with Crippen molar-refractivity contribution in [3.63, 3.8) is 0 Å². The largest absolute Gasteiger partial charge is 0.495 e. The molecule has 2 aliphatic heterocycles. The molecule has 2 saturated heterocycles. The molecule has 0 bridgehead atoms. The molecule has 1 unspecified atom stereocenters. The number of hydrogen-bond acceptors (Lipinski definition) is 5. The fourth-order valence-electron chi connectivity index (χ4n) is 3.49. The summed E-state index contributed by atoms with van der Waals surface area (Å²) in [5, 5.41) is 0. The summed E-state index contributed by atoms with van der Waals surface area (Å²) in [6, 6.07) is 7.58. The lowest BCUT2D eigenvalue weighted by Gasteiger charge is -2.39. The van der Waals surface area contributed by atoms with Gasteiger partial charge < -0.3 is 19.4 Å². The number of piperazine rings is 1. The summed E-state index contributed by atoms with van der Waals surface area (Å²) in [5.41, 5.74) is 1.03. The van der Waals surface area contributed by atoms with Crippen LogP contribution in [0.3, 0.4) is 0 Å². The first-order valence-corrected chi connectivity index (χ1v) is 10.3. The Bertz CT molecular complexity index is 729. The maximum atomic E-state index is 12.7. The van der Waals surface area contributed by atoms with Gasteiger partial charge in [-0.25, -0.2) is 13.2 Å². The van der Waals surface area contributed by atoms with Crippen LogP contribution < -0.4 is 9.64 Å². The number of carbonyl (C=O) groups is 1. The number of ether oxygens (including phenoxy) is 1. The second kappa shape index (κ2) is 7.11. The average Bonchev–Trinajstić information content (AvgIpc) is 3.00. The number of para-hydroxylation sites is 2. The van der Waals surface area contributed by atoms with E-state index in [-0.39, 0.29) is 23.6 Å². The molecule has 1 atom stereocenters. The molecular formula is C17H25N3O4S. The smallest absolute Gasteiger partial charge is 0.320 e. The van der Waals surface area contributed by atoms with Crippen molar-refractivity contribution in [2.24, 2.45) is 0 Å². The van der Waals surface area contributed by atoms with Gasteiger partial charge in [-0.1, -0.05) is 12.1 Å². The van der Waals surface area contributed by atoms with Crippen molar-refractivity contribution in [3.05, 3.63) is 24.3 Å². The number of methoxy groups -OCH3 is 1. The van der Waals surface area contributed by atoms with E-state index >= 15 is 0 Å². The van der Waals surface area contributed by atoms with Gasteiger partial charge in [-0.3, -0.25) is 0 Å². The molecule has 0 N–H and O–H groups in total. The van der Waals surface area contributed by atoms with Crippen LogP contribution in [0.2, 0.25) is 0 Å². The van der Waals surface area contributed by atoms with Crippen molar-refractivity contribution in [1.82, 2.24) is 9.80 Å². The summed E-state index contributed by atoms with van der Waals surface area (Å²) in [6.07, 6.45) is 0.533. The van der Waals surface area contributed by atoms with Gasteiger partial charge in [0.05, 0.1) is 24.3 Å². The van der Waals surface area contributed by atoms with Crippen molar-refractivity contribution in [2.45, 2.75) is 12.5 Å². The Labute approximate surface area is 149 Å². The summed E-state index contributed by atoms with van der Waals surface area (Å²) in [6.45, 7) is 2.67. The minimum absolute atomic E-state index is 0.0798. The molecule has 7 nitrogen and oxygen atoms in total. The Morgan fingerprint density at radius 2 is 1.88 bits per heavy atom. The van der Waals surface area contributed by atoms with Gasteiger partial charge in [0.25, 0.3) is 0 Å². The first-order chi connectivity index (χ1) is 11.9. The van der Waals surface area contributed by atoms with Gasteiger partial charge in [0, 0.05) is 39.3 Å². The van der Waals surface area contributed by atoms with E-state index in [1.807, 2.05) is 24.3 Å². The first kappa shape index (κ1) is 17.8. The topological polar surface area (TPSA) is 70.2 Å². The summed E-state index contributed by atoms with van der Waals surface area (Å²) >= 11 is 0. The first-order valence-electron chi connectivity index (χ1n) is 8.51. The van der Waals surface area contributed by atoms with Crippen molar-refractivity contribution in [1.29, 1.82) is 0 Å². The number of nitrogens with zero attached hydrogens (tertiary/aromatic N) is 3. The number of rotatable bonds is 3. The van der Waals surface area contributed by atoms with Crippen molar-refractivity contribution < 1.29 is 17.9 Å². The van der Waals surface area contributed by atoms with Crippen molar-refractivity contribution in [2.75, 3.05) is 56.7 Å². The van der Waals surface area contributed by atoms with Crippen LogP contribution >= 0.6 is 0 Å².